The summed E-state index contributed by atoms with van der Waals surface area (Å²) in [5.74, 6) is 1.03. The number of carbonyl (C=O) groups excluding carboxylic acids is 1. The topological polar surface area (TPSA) is 88.3 Å². The van der Waals surface area contributed by atoms with Crippen molar-refractivity contribution in [2.45, 2.75) is 32.7 Å². The first-order valence-electron chi connectivity index (χ1n) is 8.62. The summed E-state index contributed by atoms with van der Waals surface area (Å²) in [5.41, 5.74) is 2.96. The summed E-state index contributed by atoms with van der Waals surface area (Å²) in [6.07, 6.45) is 2.85. The predicted octanol–water partition coefficient (Wildman–Crippen LogP) is 2.50. The van der Waals surface area contributed by atoms with Gasteiger partial charge in [-0.05, 0) is 18.6 Å². The van der Waals surface area contributed by atoms with Gasteiger partial charge in [0.25, 0.3) is 5.91 Å². The van der Waals surface area contributed by atoms with E-state index < -0.39 is 0 Å². The molecular formula is C18H24N4O3. The van der Waals surface area contributed by atoms with E-state index in [-0.39, 0.29) is 5.91 Å². The van der Waals surface area contributed by atoms with E-state index in [1.807, 2.05) is 12.1 Å². The fraction of sp³-hybridized carbons (Fsp3) is 0.444. The Morgan fingerprint density at radius 2 is 2.28 bits per heavy atom. The number of methoxy groups -OCH3 is 1. The number of hydrogen-bond donors (Lipinski definition) is 3. The standard InChI is InChI=1S/C18H24N4O3/c1-3-4-9-25-16-6-5-12(24-2)10-15(16)20-18(23)17-13-11-19-8-7-14(13)21-22-17/h5-6,10,19H,3-4,7-9,11H2,1-2H3,(H,20,23)(H,21,22). The third-order valence-electron chi connectivity index (χ3n) is 4.21. The molecule has 1 aliphatic heterocycles. The minimum Gasteiger partial charge on any atom is -0.497 e. The predicted molar refractivity (Wildman–Crippen MR) is 95.3 cm³/mol. The fourth-order valence-electron chi connectivity index (χ4n) is 2.78. The molecule has 2 heterocycles. The molecule has 3 rings (SSSR count). The van der Waals surface area contributed by atoms with Crippen LogP contribution in [0.15, 0.2) is 18.2 Å². The molecule has 0 bridgehead atoms. The zero-order valence-electron chi connectivity index (χ0n) is 14.6. The van der Waals surface area contributed by atoms with Crippen molar-refractivity contribution in [3.8, 4) is 11.5 Å². The molecule has 3 N–H and O–H groups in total. The first kappa shape index (κ1) is 17.3. The molecule has 0 spiro atoms. The van der Waals surface area contributed by atoms with Gasteiger partial charge in [0.15, 0.2) is 5.69 Å². The number of unbranched alkanes of at least 4 members (excludes halogenated alkanes) is 1. The molecule has 2 aromatic rings. The van der Waals surface area contributed by atoms with Gasteiger partial charge < -0.3 is 20.1 Å². The van der Waals surface area contributed by atoms with E-state index in [1.54, 1.807) is 13.2 Å². The highest BCUT2D eigenvalue weighted by Gasteiger charge is 2.22. The van der Waals surface area contributed by atoms with Gasteiger partial charge in [-0.3, -0.25) is 9.89 Å². The Morgan fingerprint density at radius 1 is 1.40 bits per heavy atom. The monoisotopic (exact) mass is 344 g/mol. The molecule has 1 aromatic heterocycles. The molecule has 1 aromatic carbocycles. The zero-order chi connectivity index (χ0) is 17.6. The van der Waals surface area contributed by atoms with E-state index in [1.165, 1.54) is 0 Å². The Hall–Kier alpha value is -2.54. The lowest BCUT2D eigenvalue weighted by Gasteiger charge is -2.15. The molecule has 0 aliphatic carbocycles. The van der Waals surface area contributed by atoms with Crippen LogP contribution >= 0.6 is 0 Å². The number of H-pyrrole nitrogens is 1. The average molecular weight is 344 g/mol. The van der Waals surface area contributed by atoms with Gasteiger partial charge in [0.1, 0.15) is 11.5 Å². The summed E-state index contributed by atoms with van der Waals surface area (Å²) in [6, 6.07) is 5.39. The maximum absolute atomic E-state index is 12.7. The molecule has 0 saturated carbocycles. The van der Waals surface area contributed by atoms with Crippen molar-refractivity contribution in [1.29, 1.82) is 0 Å². The Morgan fingerprint density at radius 3 is 3.08 bits per heavy atom. The fourth-order valence-corrected chi connectivity index (χ4v) is 2.78. The van der Waals surface area contributed by atoms with Crippen LogP contribution in [0.1, 0.15) is 41.5 Å². The molecule has 0 atom stereocenters. The molecule has 7 nitrogen and oxygen atoms in total. The number of ether oxygens (including phenoxy) is 2. The van der Waals surface area contributed by atoms with Crippen LogP contribution in [0.4, 0.5) is 5.69 Å². The largest absolute Gasteiger partial charge is 0.497 e. The summed E-state index contributed by atoms with van der Waals surface area (Å²) >= 11 is 0. The number of nitrogens with zero attached hydrogens (tertiary/aromatic N) is 1. The van der Waals surface area contributed by atoms with E-state index in [0.29, 0.717) is 36.0 Å². The summed E-state index contributed by atoms with van der Waals surface area (Å²) < 4.78 is 11.1. The molecular weight excluding hydrogens is 320 g/mol. The van der Waals surface area contributed by atoms with Crippen LogP contribution in [0.3, 0.4) is 0 Å². The van der Waals surface area contributed by atoms with Crippen molar-refractivity contribution in [2.75, 3.05) is 25.6 Å². The molecule has 0 radical (unpaired) electrons. The van der Waals surface area contributed by atoms with Crippen LogP contribution in [0, 0.1) is 0 Å². The summed E-state index contributed by atoms with van der Waals surface area (Å²) in [5, 5.41) is 13.3. The number of carbonyl (C=O) groups is 1. The van der Waals surface area contributed by atoms with Gasteiger partial charge >= 0.3 is 0 Å². The highest BCUT2D eigenvalue weighted by Crippen LogP contribution is 2.30. The van der Waals surface area contributed by atoms with Crippen LogP contribution in [0.5, 0.6) is 11.5 Å². The van der Waals surface area contributed by atoms with Crippen LogP contribution in [0.2, 0.25) is 0 Å². The van der Waals surface area contributed by atoms with Gasteiger partial charge in [-0.25, -0.2) is 0 Å². The maximum Gasteiger partial charge on any atom is 0.276 e. The Labute approximate surface area is 147 Å². The van der Waals surface area contributed by atoms with Crippen molar-refractivity contribution in [2.24, 2.45) is 0 Å². The molecule has 25 heavy (non-hydrogen) atoms. The van der Waals surface area contributed by atoms with E-state index in [4.69, 9.17) is 9.47 Å². The third-order valence-corrected chi connectivity index (χ3v) is 4.21. The van der Waals surface area contributed by atoms with E-state index in [2.05, 4.69) is 27.8 Å². The second-order valence-corrected chi connectivity index (χ2v) is 5.97. The number of fused-ring (bicyclic) bond motifs is 1. The quantitative estimate of drug-likeness (QED) is 0.672. The summed E-state index contributed by atoms with van der Waals surface area (Å²) in [6.45, 7) is 4.25. The maximum atomic E-state index is 12.7. The van der Waals surface area contributed by atoms with Crippen LogP contribution < -0.4 is 20.1 Å². The summed E-state index contributed by atoms with van der Waals surface area (Å²) in [4.78, 5) is 12.7. The van der Waals surface area contributed by atoms with Gasteiger partial charge in [0.05, 0.1) is 19.4 Å². The first-order valence-corrected chi connectivity index (χ1v) is 8.62. The van der Waals surface area contributed by atoms with Crippen molar-refractivity contribution < 1.29 is 14.3 Å². The number of aromatic amines is 1. The molecule has 1 aliphatic rings. The van der Waals surface area contributed by atoms with Crippen LogP contribution in [0.25, 0.3) is 0 Å². The lowest BCUT2D eigenvalue weighted by molar-refractivity contribution is 0.102. The van der Waals surface area contributed by atoms with Crippen LogP contribution in [-0.4, -0.2) is 36.4 Å². The SMILES string of the molecule is CCCCOc1ccc(OC)cc1NC(=O)c1n[nH]c2c1CNCC2. The number of rotatable bonds is 7. The number of anilines is 1. The minimum absolute atomic E-state index is 0.255. The number of benzene rings is 1. The molecule has 0 unspecified atom stereocenters. The van der Waals surface area contributed by atoms with Crippen molar-refractivity contribution in [1.82, 2.24) is 15.5 Å². The van der Waals surface area contributed by atoms with Crippen molar-refractivity contribution >= 4 is 11.6 Å². The molecule has 7 heteroatoms. The smallest absolute Gasteiger partial charge is 0.276 e. The van der Waals surface area contributed by atoms with E-state index >= 15 is 0 Å². The highest BCUT2D eigenvalue weighted by atomic mass is 16.5. The van der Waals surface area contributed by atoms with Crippen LogP contribution in [-0.2, 0) is 13.0 Å². The lowest BCUT2D eigenvalue weighted by Crippen LogP contribution is -2.25. The molecule has 134 valence electrons. The lowest BCUT2D eigenvalue weighted by atomic mass is 10.1. The zero-order valence-corrected chi connectivity index (χ0v) is 14.6. The Bertz CT molecular complexity index is 742. The Kier molecular flexibility index (Phi) is 5.55. The second-order valence-electron chi connectivity index (χ2n) is 5.97. The second kappa shape index (κ2) is 8.02. The normalized spacial score (nSPS) is 13.2. The number of amides is 1. The molecule has 1 amide bonds. The van der Waals surface area contributed by atoms with Gasteiger partial charge in [-0.15, -0.1) is 0 Å². The number of aromatic nitrogens is 2. The van der Waals surface area contributed by atoms with E-state index in [9.17, 15) is 4.79 Å². The number of nitrogens with one attached hydrogen (secondary N) is 3. The minimum atomic E-state index is -0.255. The first-order chi connectivity index (χ1) is 12.2. The van der Waals surface area contributed by atoms with Gasteiger partial charge in [-0.1, -0.05) is 13.3 Å². The third kappa shape index (κ3) is 3.93. The molecule has 0 fully saturated rings. The van der Waals surface area contributed by atoms with Crippen molar-refractivity contribution in [3.05, 3.63) is 35.2 Å². The van der Waals surface area contributed by atoms with Gasteiger partial charge in [0, 0.05) is 36.8 Å². The van der Waals surface area contributed by atoms with E-state index in [0.717, 1.165) is 37.1 Å². The highest BCUT2D eigenvalue weighted by molar-refractivity contribution is 6.05. The van der Waals surface area contributed by atoms with Gasteiger partial charge in [-0.2, -0.15) is 5.10 Å². The average Bonchev–Trinajstić information content (AvgIpc) is 3.07. The molecule has 0 saturated heterocycles. The van der Waals surface area contributed by atoms with Crippen molar-refractivity contribution in [3.63, 3.8) is 0 Å². The summed E-state index contributed by atoms with van der Waals surface area (Å²) in [7, 11) is 1.59. The Balaban J connectivity index is 1.80. The van der Waals surface area contributed by atoms with Gasteiger partial charge in [0.2, 0.25) is 0 Å². The number of hydrogen-bond acceptors (Lipinski definition) is 5.